The molecule has 0 radical (unpaired) electrons. The van der Waals surface area contributed by atoms with Crippen LogP contribution in [-0.4, -0.2) is 0 Å². The molecule has 2 aliphatic carbocycles. The van der Waals surface area contributed by atoms with Crippen molar-refractivity contribution in [3.05, 3.63) is 138 Å². The summed E-state index contributed by atoms with van der Waals surface area (Å²) in [4.78, 5) is 2.50. The highest BCUT2D eigenvalue weighted by Gasteiger charge is 2.45. The predicted molar refractivity (Wildman–Crippen MR) is 200 cm³/mol. The zero-order chi connectivity index (χ0) is 31.6. The third-order valence-corrected chi connectivity index (χ3v) is 12.1. The Kier molecular flexibility index (Phi) is 5.65. The molecule has 0 unspecified atom stereocenters. The van der Waals surface area contributed by atoms with Gasteiger partial charge < -0.3 is 4.90 Å². The van der Waals surface area contributed by atoms with E-state index in [1.54, 1.807) is 0 Å². The van der Waals surface area contributed by atoms with Gasteiger partial charge >= 0.3 is 0 Å². The molecule has 0 saturated carbocycles. The standard InChI is InChI=1S/C44H39NS/c1-42(2)26-43(3,4)37-25-35-33(24-36(37)42)31-21-20-30(23-34(31)44(35,5)6)45(29-19-18-27-12-7-8-13-28(27)22-29)38-15-11-17-40-41(38)32-14-9-10-16-39(32)46-40/h7-25H,26H2,1-6H3. The molecule has 0 bridgehead atoms. The first-order chi connectivity index (χ1) is 22.0. The summed E-state index contributed by atoms with van der Waals surface area (Å²) in [6.07, 6.45) is 1.19. The zero-order valence-electron chi connectivity index (χ0n) is 27.5. The van der Waals surface area contributed by atoms with Gasteiger partial charge in [0.05, 0.1) is 5.69 Å². The van der Waals surface area contributed by atoms with Crippen LogP contribution in [0.25, 0.3) is 42.1 Å². The zero-order valence-corrected chi connectivity index (χ0v) is 28.3. The molecule has 1 nitrogen and oxygen atoms in total. The Morgan fingerprint density at radius 1 is 0.522 bits per heavy atom. The van der Waals surface area contributed by atoms with Crippen molar-refractivity contribution in [3.8, 4) is 11.1 Å². The number of thiophene rings is 1. The number of benzene rings is 6. The largest absolute Gasteiger partial charge is 0.310 e. The lowest BCUT2D eigenvalue weighted by Gasteiger charge is -2.29. The van der Waals surface area contributed by atoms with Crippen LogP contribution in [0, 0.1) is 0 Å². The molecule has 0 spiro atoms. The van der Waals surface area contributed by atoms with Gasteiger partial charge in [-0.25, -0.2) is 0 Å². The first-order valence-corrected chi connectivity index (χ1v) is 17.4. The second-order valence-electron chi connectivity index (χ2n) is 15.4. The van der Waals surface area contributed by atoms with Gasteiger partial charge in [-0.15, -0.1) is 11.3 Å². The first-order valence-electron chi connectivity index (χ1n) is 16.6. The summed E-state index contributed by atoms with van der Waals surface area (Å²) in [6, 6.07) is 43.6. The molecule has 1 heterocycles. The molecule has 46 heavy (non-hydrogen) atoms. The molecule has 7 aromatic rings. The van der Waals surface area contributed by atoms with Crippen molar-refractivity contribution in [3.63, 3.8) is 0 Å². The maximum absolute atomic E-state index is 2.57. The minimum absolute atomic E-state index is 0.103. The minimum atomic E-state index is -0.103. The predicted octanol–water partition coefficient (Wildman–Crippen LogP) is 12.9. The highest BCUT2D eigenvalue weighted by Crippen LogP contribution is 2.57. The molecule has 2 aliphatic rings. The molecule has 6 aromatic carbocycles. The molecule has 226 valence electrons. The van der Waals surface area contributed by atoms with E-state index >= 15 is 0 Å². The number of hydrogen-bond acceptors (Lipinski definition) is 2. The van der Waals surface area contributed by atoms with Crippen LogP contribution in [-0.2, 0) is 16.2 Å². The van der Waals surface area contributed by atoms with Gasteiger partial charge in [-0.1, -0.05) is 108 Å². The fraction of sp³-hybridized carbons (Fsp3) is 0.227. The summed E-state index contributed by atoms with van der Waals surface area (Å²) in [6.45, 7) is 14.6. The average Bonchev–Trinajstić information content (AvgIpc) is 3.59. The highest BCUT2D eigenvalue weighted by atomic mass is 32.1. The summed E-state index contributed by atoms with van der Waals surface area (Å²) in [7, 11) is 0. The summed E-state index contributed by atoms with van der Waals surface area (Å²) in [5.41, 5.74) is 12.6. The van der Waals surface area contributed by atoms with Gasteiger partial charge in [0.25, 0.3) is 0 Å². The Bertz CT molecular complexity index is 2380. The van der Waals surface area contributed by atoms with E-state index in [0.717, 1.165) is 0 Å². The van der Waals surface area contributed by atoms with Crippen molar-refractivity contribution in [2.24, 2.45) is 0 Å². The molecule has 0 fully saturated rings. The van der Waals surface area contributed by atoms with E-state index in [-0.39, 0.29) is 16.2 Å². The van der Waals surface area contributed by atoms with E-state index < -0.39 is 0 Å². The quantitative estimate of drug-likeness (QED) is 0.192. The van der Waals surface area contributed by atoms with Gasteiger partial charge in [0.1, 0.15) is 0 Å². The normalized spacial score (nSPS) is 16.9. The summed E-state index contributed by atoms with van der Waals surface area (Å²) in [5, 5.41) is 5.15. The molecule has 2 heteroatoms. The van der Waals surface area contributed by atoms with Gasteiger partial charge in [-0.2, -0.15) is 0 Å². The van der Waals surface area contributed by atoms with Crippen molar-refractivity contribution >= 4 is 59.3 Å². The van der Waals surface area contributed by atoms with Crippen molar-refractivity contribution in [2.45, 2.75) is 64.2 Å². The molecule has 0 amide bonds. The first kappa shape index (κ1) is 27.9. The van der Waals surface area contributed by atoms with Gasteiger partial charge in [-0.3, -0.25) is 0 Å². The number of rotatable bonds is 3. The fourth-order valence-electron chi connectivity index (χ4n) is 9.01. The monoisotopic (exact) mass is 613 g/mol. The molecule has 9 rings (SSSR count). The van der Waals surface area contributed by atoms with E-state index in [1.807, 2.05) is 11.3 Å². The van der Waals surface area contributed by atoms with Crippen LogP contribution in [0.4, 0.5) is 17.1 Å². The van der Waals surface area contributed by atoms with Gasteiger partial charge in [0.15, 0.2) is 0 Å². The van der Waals surface area contributed by atoms with Crippen molar-refractivity contribution in [1.82, 2.24) is 0 Å². The number of hydrogen-bond donors (Lipinski definition) is 0. The van der Waals surface area contributed by atoms with Crippen molar-refractivity contribution < 1.29 is 0 Å². The number of nitrogens with zero attached hydrogens (tertiary/aromatic N) is 1. The smallest absolute Gasteiger partial charge is 0.0554 e. The maximum atomic E-state index is 2.57. The van der Waals surface area contributed by atoms with Crippen LogP contribution in [0.2, 0.25) is 0 Å². The summed E-state index contributed by atoms with van der Waals surface area (Å²) in [5.74, 6) is 0. The van der Waals surface area contributed by atoms with Crippen LogP contribution in [0.5, 0.6) is 0 Å². The van der Waals surface area contributed by atoms with Crippen molar-refractivity contribution in [1.29, 1.82) is 0 Å². The van der Waals surface area contributed by atoms with Gasteiger partial charge in [-0.05, 0) is 110 Å². The SMILES string of the molecule is CC1(C)CC(C)(C)c2cc3c(cc21)-c1ccc(N(c2ccc4ccccc4c2)c2cccc4sc5ccccc5c24)cc1C3(C)C. The number of anilines is 3. The Hall–Kier alpha value is -4.40. The lowest BCUT2D eigenvalue weighted by atomic mass is 9.79. The van der Waals surface area contributed by atoms with E-state index in [2.05, 4.69) is 162 Å². The lowest BCUT2D eigenvalue weighted by Crippen LogP contribution is -2.19. The van der Waals surface area contributed by atoms with Crippen LogP contribution in [0.15, 0.2) is 115 Å². The molecule has 0 aliphatic heterocycles. The second-order valence-corrected chi connectivity index (χ2v) is 16.4. The Morgan fingerprint density at radius 3 is 2.00 bits per heavy atom. The van der Waals surface area contributed by atoms with Gasteiger partial charge in [0.2, 0.25) is 0 Å². The van der Waals surface area contributed by atoms with Crippen molar-refractivity contribution in [2.75, 3.05) is 4.90 Å². The average molecular weight is 614 g/mol. The number of fused-ring (bicyclic) bond motifs is 8. The van der Waals surface area contributed by atoms with E-state index in [9.17, 15) is 0 Å². The topological polar surface area (TPSA) is 3.24 Å². The maximum Gasteiger partial charge on any atom is 0.0554 e. The van der Waals surface area contributed by atoms with Crippen LogP contribution < -0.4 is 4.90 Å². The van der Waals surface area contributed by atoms with Crippen LogP contribution >= 0.6 is 11.3 Å². The molecule has 0 N–H and O–H groups in total. The lowest BCUT2D eigenvalue weighted by molar-refractivity contribution is 0.403. The third-order valence-electron chi connectivity index (χ3n) is 11.0. The molecule has 1 aromatic heterocycles. The molecular weight excluding hydrogens is 575 g/mol. The van der Waals surface area contributed by atoms with E-state index in [0.29, 0.717) is 0 Å². The molecule has 0 saturated heterocycles. The van der Waals surface area contributed by atoms with E-state index in [1.165, 1.54) is 87.8 Å². The molecule has 0 atom stereocenters. The minimum Gasteiger partial charge on any atom is -0.310 e. The van der Waals surface area contributed by atoms with Crippen LogP contribution in [0.3, 0.4) is 0 Å². The van der Waals surface area contributed by atoms with E-state index in [4.69, 9.17) is 0 Å². The highest BCUT2D eigenvalue weighted by molar-refractivity contribution is 7.26. The third kappa shape index (κ3) is 3.86. The summed E-state index contributed by atoms with van der Waals surface area (Å²) >= 11 is 1.88. The van der Waals surface area contributed by atoms with Crippen LogP contribution in [0.1, 0.15) is 70.2 Å². The summed E-state index contributed by atoms with van der Waals surface area (Å²) < 4.78 is 2.64. The Morgan fingerprint density at radius 2 is 1.17 bits per heavy atom. The Labute approximate surface area is 276 Å². The molecular formula is C44H39NS. The van der Waals surface area contributed by atoms with Gasteiger partial charge in [0, 0.05) is 37.0 Å². The second kappa shape index (κ2) is 9.33. The fourth-order valence-corrected chi connectivity index (χ4v) is 10.1. The Balaban J connectivity index is 1.29.